The van der Waals surface area contributed by atoms with Gasteiger partial charge in [-0.3, -0.25) is 9.69 Å². The average Bonchev–Trinajstić information content (AvgIpc) is 2.58. The summed E-state index contributed by atoms with van der Waals surface area (Å²) in [5.74, 6) is 0.0474. The summed E-state index contributed by atoms with van der Waals surface area (Å²) < 4.78 is 0. The first-order chi connectivity index (χ1) is 11.2. The van der Waals surface area contributed by atoms with Crippen LogP contribution in [0.25, 0.3) is 11.1 Å². The van der Waals surface area contributed by atoms with Gasteiger partial charge in [-0.25, -0.2) is 0 Å². The summed E-state index contributed by atoms with van der Waals surface area (Å²) in [6, 6.07) is 18.6. The van der Waals surface area contributed by atoms with Crippen molar-refractivity contribution in [1.29, 1.82) is 0 Å². The van der Waals surface area contributed by atoms with Gasteiger partial charge in [0.15, 0.2) is 0 Å². The van der Waals surface area contributed by atoms with E-state index < -0.39 is 0 Å². The molecular weight excluding hydrogens is 322 g/mol. The van der Waals surface area contributed by atoms with E-state index in [0.29, 0.717) is 12.6 Å². The number of nitrogens with zero attached hydrogens (tertiary/aromatic N) is 1. The molecular formula is C19H24ClN3O. The van der Waals surface area contributed by atoms with Crippen LogP contribution in [-0.2, 0) is 4.79 Å². The summed E-state index contributed by atoms with van der Waals surface area (Å²) in [7, 11) is 0. The Kier molecular flexibility index (Phi) is 6.79. The van der Waals surface area contributed by atoms with Gasteiger partial charge in [-0.2, -0.15) is 0 Å². The lowest BCUT2D eigenvalue weighted by Crippen LogP contribution is -2.51. The van der Waals surface area contributed by atoms with Crippen molar-refractivity contribution in [2.45, 2.75) is 13.0 Å². The fourth-order valence-electron chi connectivity index (χ4n) is 2.88. The minimum atomic E-state index is 0. The summed E-state index contributed by atoms with van der Waals surface area (Å²) >= 11 is 0. The standard InChI is InChI=1S/C19H23N3O.ClH/c1-15-13-20-11-12-22(15)14-19(23)21-18-9-7-17(8-10-18)16-5-3-2-4-6-16;/h2-10,15,20H,11-14H2,1H3,(H,21,23);1H/t15-;/m1./s1. The van der Waals surface area contributed by atoms with E-state index in [1.54, 1.807) is 0 Å². The van der Waals surface area contributed by atoms with E-state index in [1.165, 1.54) is 5.56 Å². The molecule has 0 radical (unpaired) electrons. The van der Waals surface area contributed by atoms with Crippen molar-refractivity contribution in [2.75, 3.05) is 31.5 Å². The van der Waals surface area contributed by atoms with Crippen LogP contribution in [-0.4, -0.2) is 43.0 Å². The molecule has 0 saturated carbocycles. The average molecular weight is 346 g/mol. The van der Waals surface area contributed by atoms with Crippen molar-refractivity contribution in [1.82, 2.24) is 10.2 Å². The number of hydrogen-bond acceptors (Lipinski definition) is 3. The zero-order chi connectivity index (χ0) is 16.1. The molecule has 2 aromatic carbocycles. The molecule has 24 heavy (non-hydrogen) atoms. The third-order valence-electron chi connectivity index (χ3n) is 4.26. The van der Waals surface area contributed by atoms with Crippen molar-refractivity contribution in [3.05, 3.63) is 54.6 Å². The van der Waals surface area contributed by atoms with Crippen LogP contribution in [0.3, 0.4) is 0 Å². The Hall–Kier alpha value is -1.88. The number of nitrogens with one attached hydrogen (secondary N) is 2. The highest BCUT2D eigenvalue weighted by Crippen LogP contribution is 2.21. The van der Waals surface area contributed by atoms with E-state index in [2.05, 4.69) is 34.6 Å². The Morgan fingerprint density at radius 3 is 2.46 bits per heavy atom. The molecule has 1 atom stereocenters. The van der Waals surface area contributed by atoms with Crippen LogP contribution >= 0.6 is 12.4 Å². The number of rotatable bonds is 4. The van der Waals surface area contributed by atoms with E-state index in [9.17, 15) is 4.79 Å². The Labute approximate surface area is 149 Å². The fraction of sp³-hybridized carbons (Fsp3) is 0.316. The van der Waals surface area contributed by atoms with Crippen LogP contribution in [0.2, 0.25) is 0 Å². The number of anilines is 1. The van der Waals surface area contributed by atoms with Gasteiger partial charge in [-0.05, 0) is 30.2 Å². The van der Waals surface area contributed by atoms with E-state index in [4.69, 9.17) is 0 Å². The quantitative estimate of drug-likeness (QED) is 0.895. The molecule has 1 aliphatic heterocycles. The topological polar surface area (TPSA) is 44.4 Å². The predicted octanol–water partition coefficient (Wildman–Crippen LogP) is 3.01. The van der Waals surface area contributed by atoms with Gasteiger partial charge in [0.05, 0.1) is 6.54 Å². The maximum absolute atomic E-state index is 12.2. The van der Waals surface area contributed by atoms with Crippen molar-refractivity contribution < 1.29 is 4.79 Å². The number of amides is 1. The van der Waals surface area contributed by atoms with E-state index in [0.717, 1.165) is 30.9 Å². The largest absolute Gasteiger partial charge is 0.325 e. The highest BCUT2D eigenvalue weighted by molar-refractivity contribution is 5.92. The minimum absolute atomic E-state index is 0. The second-order valence-corrected chi connectivity index (χ2v) is 6.02. The second kappa shape index (κ2) is 8.83. The van der Waals surface area contributed by atoms with Crippen molar-refractivity contribution in [2.24, 2.45) is 0 Å². The third kappa shape index (κ3) is 4.81. The summed E-state index contributed by atoms with van der Waals surface area (Å²) in [5.41, 5.74) is 3.18. The fourth-order valence-corrected chi connectivity index (χ4v) is 2.88. The molecule has 5 heteroatoms. The molecule has 1 heterocycles. The number of piperazine rings is 1. The van der Waals surface area contributed by atoms with Crippen LogP contribution in [0, 0.1) is 0 Å². The molecule has 1 aliphatic rings. The molecule has 0 aliphatic carbocycles. The molecule has 1 amide bonds. The number of benzene rings is 2. The predicted molar refractivity (Wildman–Crippen MR) is 102 cm³/mol. The van der Waals surface area contributed by atoms with Gasteiger partial charge in [0.1, 0.15) is 0 Å². The minimum Gasteiger partial charge on any atom is -0.325 e. The Morgan fingerprint density at radius 2 is 1.79 bits per heavy atom. The molecule has 2 aromatic rings. The zero-order valence-electron chi connectivity index (χ0n) is 13.9. The van der Waals surface area contributed by atoms with Gasteiger partial charge in [-0.1, -0.05) is 42.5 Å². The SMILES string of the molecule is C[C@@H]1CNCCN1CC(=O)Nc1ccc(-c2ccccc2)cc1.Cl. The molecule has 0 aromatic heterocycles. The molecule has 0 spiro atoms. The first-order valence-corrected chi connectivity index (χ1v) is 8.12. The summed E-state index contributed by atoms with van der Waals surface area (Å²) in [6.07, 6.45) is 0. The van der Waals surface area contributed by atoms with Gasteiger partial charge < -0.3 is 10.6 Å². The molecule has 128 valence electrons. The van der Waals surface area contributed by atoms with E-state index >= 15 is 0 Å². The van der Waals surface area contributed by atoms with Crippen LogP contribution in [0.1, 0.15) is 6.92 Å². The van der Waals surface area contributed by atoms with Crippen molar-refractivity contribution >= 4 is 24.0 Å². The van der Waals surface area contributed by atoms with Crippen LogP contribution in [0.4, 0.5) is 5.69 Å². The molecule has 3 rings (SSSR count). The number of carbonyl (C=O) groups is 1. The smallest absolute Gasteiger partial charge is 0.238 e. The van der Waals surface area contributed by atoms with Crippen molar-refractivity contribution in [3.8, 4) is 11.1 Å². The molecule has 0 bridgehead atoms. The lowest BCUT2D eigenvalue weighted by Gasteiger charge is -2.33. The normalized spacial score (nSPS) is 17.8. The molecule has 2 N–H and O–H groups in total. The van der Waals surface area contributed by atoms with Gasteiger partial charge in [0.2, 0.25) is 5.91 Å². The summed E-state index contributed by atoms with van der Waals surface area (Å²) in [4.78, 5) is 14.4. The third-order valence-corrected chi connectivity index (χ3v) is 4.26. The Balaban J connectivity index is 0.00000208. The first-order valence-electron chi connectivity index (χ1n) is 8.12. The van der Waals surface area contributed by atoms with Crippen molar-refractivity contribution in [3.63, 3.8) is 0 Å². The van der Waals surface area contributed by atoms with Gasteiger partial charge >= 0.3 is 0 Å². The molecule has 4 nitrogen and oxygen atoms in total. The lowest BCUT2D eigenvalue weighted by atomic mass is 10.1. The Bertz CT molecular complexity index is 645. The molecule has 1 saturated heterocycles. The Morgan fingerprint density at radius 1 is 1.12 bits per heavy atom. The van der Waals surface area contributed by atoms with Crippen LogP contribution in [0.15, 0.2) is 54.6 Å². The summed E-state index contributed by atoms with van der Waals surface area (Å²) in [5, 5.41) is 6.32. The summed E-state index contributed by atoms with van der Waals surface area (Å²) in [6.45, 7) is 5.40. The lowest BCUT2D eigenvalue weighted by molar-refractivity contribution is -0.118. The number of halogens is 1. The second-order valence-electron chi connectivity index (χ2n) is 6.02. The highest BCUT2D eigenvalue weighted by Gasteiger charge is 2.20. The van der Waals surface area contributed by atoms with Gasteiger partial charge in [0.25, 0.3) is 0 Å². The maximum atomic E-state index is 12.2. The highest BCUT2D eigenvalue weighted by atomic mass is 35.5. The van der Waals surface area contributed by atoms with Crippen LogP contribution < -0.4 is 10.6 Å². The zero-order valence-corrected chi connectivity index (χ0v) is 14.7. The van der Waals surface area contributed by atoms with Gasteiger partial charge in [-0.15, -0.1) is 12.4 Å². The number of hydrogen-bond donors (Lipinski definition) is 2. The molecule has 1 fully saturated rings. The van der Waals surface area contributed by atoms with E-state index in [-0.39, 0.29) is 18.3 Å². The maximum Gasteiger partial charge on any atom is 0.238 e. The molecule has 0 unspecified atom stereocenters. The van der Waals surface area contributed by atoms with Crippen LogP contribution in [0.5, 0.6) is 0 Å². The monoisotopic (exact) mass is 345 g/mol. The van der Waals surface area contributed by atoms with E-state index in [1.807, 2.05) is 42.5 Å². The van der Waals surface area contributed by atoms with Gasteiger partial charge in [0, 0.05) is 31.4 Å². The number of carbonyl (C=O) groups excluding carboxylic acids is 1. The first kappa shape index (κ1) is 18.5.